The van der Waals surface area contributed by atoms with Gasteiger partial charge in [0.1, 0.15) is 23.7 Å². The van der Waals surface area contributed by atoms with E-state index < -0.39 is 12.2 Å². The topological polar surface area (TPSA) is 46.2 Å². The maximum absolute atomic E-state index is 5.86. The van der Waals surface area contributed by atoms with Gasteiger partial charge >= 0.3 is 0 Å². The molecule has 0 saturated carbocycles. The minimum Gasteiger partial charge on any atom is -0.494 e. The SMILES string of the molecule is CCOc1ccc(C(OOOC(c2ccccc2)c2ccc(OCC)cc2)c2ccccc2)cc1. The van der Waals surface area contributed by atoms with Crippen molar-refractivity contribution in [1.29, 1.82) is 0 Å². The maximum atomic E-state index is 5.86. The van der Waals surface area contributed by atoms with Crippen LogP contribution in [-0.4, -0.2) is 13.2 Å². The summed E-state index contributed by atoms with van der Waals surface area (Å²) in [7, 11) is 0. The van der Waals surface area contributed by atoms with Crippen LogP contribution in [0.25, 0.3) is 0 Å². The summed E-state index contributed by atoms with van der Waals surface area (Å²) >= 11 is 0. The summed E-state index contributed by atoms with van der Waals surface area (Å²) in [5.74, 6) is 1.61. The third-order valence-corrected chi connectivity index (χ3v) is 5.46. The predicted octanol–water partition coefficient (Wildman–Crippen LogP) is 7.24. The largest absolute Gasteiger partial charge is 0.494 e. The first-order chi connectivity index (χ1) is 17.3. The molecule has 0 aliphatic carbocycles. The summed E-state index contributed by atoms with van der Waals surface area (Å²) in [5, 5.41) is 5.47. The maximum Gasteiger partial charge on any atom is 0.146 e. The molecule has 5 heteroatoms. The van der Waals surface area contributed by atoms with Crippen molar-refractivity contribution >= 4 is 0 Å². The Balaban J connectivity index is 1.53. The molecule has 0 bridgehead atoms. The Kier molecular flexibility index (Phi) is 8.90. The molecule has 0 spiro atoms. The van der Waals surface area contributed by atoms with Gasteiger partial charge in [0.05, 0.1) is 13.2 Å². The first-order valence-corrected chi connectivity index (χ1v) is 11.8. The van der Waals surface area contributed by atoms with Crippen LogP contribution in [0, 0.1) is 0 Å². The van der Waals surface area contributed by atoms with Crippen molar-refractivity contribution in [3.8, 4) is 11.5 Å². The van der Waals surface area contributed by atoms with E-state index in [2.05, 4.69) is 0 Å². The number of ether oxygens (including phenoxy) is 2. The normalized spacial score (nSPS) is 12.6. The van der Waals surface area contributed by atoms with Crippen LogP contribution in [0.3, 0.4) is 0 Å². The monoisotopic (exact) mass is 470 g/mol. The quantitative estimate of drug-likeness (QED) is 0.161. The molecule has 2 atom stereocenters. The van der Waals surface area contributed by atoms with Crippen molar-refractivity contribution in [3.63, 3.8) is 0 Å². The van der Waals surface area contributed by atoms with Gasteiger partial charge in [-0.05, 0) is 60.4 Å². The molecule has 35 heavy (non-hydrogen) atoms. The lowest BCUT2D eigenvalue weighted by molar-refractivity contribution is -0.536. The molecule has 0 amide bonds. The summed E-state index contributed by atoms with van der Waals surface area (Å²) in [6, 6.07) is 35.3. The Labute approximate surface area is 206 Å². The van der Waals surface area contributed by atoms with E-state index in [9.17, 15) is 0 Å². The van der Waals surface area contributed by atoms with Gasteiger partial charge in [-0.25, -0.2) is 0 Å². The molecule has 0 heterocycles. The zero-order valence-corrected chi connectivity index (χ0v) is 20.0. The van der Waals surface area contributed by atoms with Crippen molar-refractivity contribution in [2.24, 2.45) is 0 Å². The van der Waals surface area contributed by atoms with Gasteiger partial charge in [-0.2, -0.15) is 9.78 Å². The lowest BCUT2D eigenvalue weighted by Gasteiger charge is -2.21. The highest BCUT2D eigenvalue weighted by atomic mass is 17.5. The van der Waals surface area contributed by atoms with Gasteiger partial charge in [0, 0.05) is 0 Å². The second-order valence-electron chi connectivity index (χ2n) is 7.85. The fourth-order valence-corrected chi connectivity index (χ4v) is 3.78. The summed E-state index contributed by atoms with van der Waals surface area (Å²) in [4.78, 5) is 11.7. The van der Waals surface area contributed by atoms with Gasteiger partial charge in [0.15, 0.2) is 0 Å². The molecule has 0 fully saturated rings. The lowest BCUT2D eigenvalue weighted by atomic mass is 10.0. The third-order valence-electron chi connectivity index (χ3n) is 5.46. The van der Waals surface area contributed by atoms with Crippen LogP contribution >= 0.6 is 0 Å². The molecule has 0 N–H and O–H groups in total. The fraction of sp³-hybridized carbons (Fsp3) is 0.200. The van der Waals surface area contributed by atoms with Gasteiger partial charge < -0.3 is 9.47 Å². The molecule has 2 unspecified atom stereocenters. The highest BCUT2D eigenvalue weighted by Gasteiger charge is 2.21. The Morgan fingerprint density at radius 3 is 1.14 bits per heavy atom. The second-order valence-corrected chi connectivity index (χ2v) is 7.85. The predicted molar refractivity (Wildman–Crippen MR) is 135 cm³/mol. The molecule has 0 aromatic heterocycles. The Bertz CT molecular complexity index is 1040. The van der Waals surface area contributed by atoms with Gasteiger partial charge in [0.2, 0.25) is 0 Å². The van der Waals surface area contributed by atoms with Crippen LogP contribution in [0.4, 0.5) is 0 Å². The van der Waals surface area contributed by atoms with E-state index in [4.69, 9.17) is 24.3 Å². The van der Waals surface area contributed by atoms with E-state index in [1.807, 2.05) is 123 Å². The molecule has 4 aromatic carbocycles. The summed E-state index contributed by atoms with van der Waals surface area (Å²) < 4.78 is 11.1. The van der Waals surface area contributed by atoms with E-state index in [1.54, 1.807) is 0 Å². The van der Waals surface area contributed by atoms with Crippen LogP contribution < -0.4 is 9.47 Å². The summed E-state index contributed by atoms with van der Waals surface area (Å²) in [6.45, 7) is 5.15. The van der Waals surface area contributed by atoms with Crippen molar-refractivity contribution < 1.29 is 24.3 Å². The number of benzene rings is 4. The van der Waals surface area contributed by atoms with Gasteiger partial charge in [0.25, 0.3) is 0 Å². The van der Waals surface area contributed by atoms with Crippen LogP contribution in [0.1, 0.15) is 48.3 Å². The van der Waals surface area contributed by atoms with E-state index in [0.717, 1.165) is 33.8 Å². The number of hydrogen-bond acceptors (Lipinski definition) is 5. The summed E-state index contributed by atoms with van der Waals surface area (Å²) in [6.07, 6.45) is -0.965. The van der Waals surface area contributed by atoms with Crippen LogP contribution in [0.5, 0.6) is 11.5 Å². The van der Waals surface area contributed by atoms with E-state index in [1.165, 1.54) is 0 Å². The minimum absolute atomic E-state index is 0.483. The molecule has 0 aliphatic rings. The molecule has 0 aliphatic heterocycles. The Morgan fingerprint density at radius 2 is 0.800 bits per heavy atom. The Morgan fingerprint density at radius 1 is 0.457 bits per heavy atom. The zero-order chi connectivity index (χ0) is 24.3. The smallest absolute Gasteiger partial charge is 0.146 e. The lowest BCUT2D eigenvalue weighted by Crippen LogP contribution is -2.12. The number of rotatable bonds is 12. The van der Waals surface area contributed by atoms with Crippen molar-refractivity contribution in [1.82, 2.24) is 0 Å². The molecule has 180 valence electrons. The third kappa shape index (κ3) is 6.70. The Hall–Kier alpha value is -3.64. The van der Waals surface area contributed by atoms with Crippen LogP contribution in [0.15, 0.2) is 109 Å². The highest BCUT2D eigenvalue weighted by Crippen LogP contribution is 2.31. The molecule has 4 aromatic rings. The van der Waals surface area contributed by atoms with Crippen LogP contribution in [-0.2, 0) is 14.8 Å². The molecule has 0 saturated heterocycles. The molecule has 5 nitrogen and oxygen atoms in total. The second kappa shape index (κ2) is 12.7. The van der Waals surface area contributed by atoms with Gasteiger partial charge in [-0.3, -0.25) is 0 Å². The first-order valence-electron chi connectivity index (χ1n) is 11.8. The molecular formula is C30H30O5. The average Bonchev–Trinajstić information content (AvgIpc) is 2.91. The van der Waals surface area contributed by atoms with E-state index in [0.29, 0.717) is 13.2 Å². The average molecular weight is 471 g/mol. The molecular weight excluding hydrogens is 440 g/mol. The van der Waals surface area contributed by atoms with Crippen molar-refractivity contribution in [2.75, 3.05) is 13.2 Å². The zero-order valence-electron chi connectivity index (χ0n) is 20.0. The number of hydrogen-bond donors (Lipinski definition) is 0. The van der Waals surface area contributed by atoms with E-state index >= 15 is 0 Å². The summed E-state index contributed by atoms with van der Waals surface area (Å²) in [5.41, 5.74) is 3.72. The van der Waals surface area contributed by atoms with Crippen molar-refractivity contribution in [2.45, 2.75) is 26.1 Å². The van der Waals surface area contributed by atoms with Gasteiger partial charge in [-0.15, -0.1) is 0 Å². The minimum atomic E-state index is -0.483. The van der Waals surface area contributed by atoms with Gasteiger partial charge in [-0.1, -0.05) is 90.0 Å². The van der Waals surface area contributed by atoms with Crippen molar-refractivity contribution in [3.05, 3.63) is 131 Å². The fourth-order valence-electron chi connectivity index (χ4n) is 3.78. The first kappa shape index (κ1) is 24.5. The molecule has 4 rings (SSSR count). The molecule has 0 radical (unpaired) electrons. The standard InChI is InChI=1S/C30H30O5/c1-3-31-27-19-15-25(16-20-27)29(23-11-7-5-8-12-23)33-35-34-30(24-13-9-6-10-14-24)26-17-21-28(22-18-26)32-4-2/h5-22,29-30H,3-4H2,1-2H3. The van der Waals surface area contributed by atoms with Crippen LogP contribution in [0.2, 0.25) is 0 Å². The highest BCUT2D eigenvalue weighted by molar-refractivity contribution is 5.35. The van der Waals surface area contributed by atoms with E-state index in [-0.39, 0.29) is 0 Å².